The molecule has 12 heavy (non-hydrogen) atoms. The molecule has 0 amide bonds. The van der Waals surface area contributed by atoms with E-state index in [0.717, 1.165) is 16.4 Å². The Bertz CT molecular complexity index is 231. The molecular weight excluding hydrogens is 199 g/mol. The number of methoxy groups -OCH3 is 2. The molecule has 0 bridgehead atoms. The first-order valence-electron chi connectivity index (χ1n) is 3.18. The zero-order valence-corrected chi connectivity index (χ0v) is 11.5. The molecule has 0 radical (unpaired) electrons. The Kier molecular flexibility index (Phi) is 6.71. The number of hydrogen-bond donors (Lipinski definition) is 1. The van der Waals surface area contributed by atoms with Crippen LogP contribution in [0.1, 0.15) is 0 Å². The summed E-state index contributed by atoms with van der Waals surface area (Å²) in [6.45, 7) is 0. The number of ether oxygens (including phenoxy) is 2. The van der Waals surface area contributed by atoms with Gasteiger partial charge in [-0.3, -0.25) is 0 Å². The van der Waals surface area contributed by atoms with Gasteiger partial charge in [0.2, 0.25) is 0 Å². The van der Waals surface area contributed by atoms with E-state index in [9.17, 15) is 0 Å². The van der Waals surface area contributed by atoms with Crippen LogP contribution in [0.2, 0.25) is 0 Å². The molecular formula is C8H10KO2S+. The summed E-state index contributed by atoms with van der Waals surface area (Å²) in [7, 11) is 3.23. The maximum absolute atomic E-state index is 5.01. The Balaban J connectivity index is 0.00000121. The van der Waals surface area contributed by atoms with Crippen LogP contribution in [0.3, 0.4) is 0 Å². The number of hydrogen-bond acceptors (Lipinski definition) is 3. The van der Waals surface area contributed by atoms with Crippen LogP contribution >= 0.6 is 12.6 Å². The average molecular weight is 209 g/mol. The smallest absolute Gasteiger partial charge is 0.497 e. The Hall–Kier alpha value is 0.806. The molecule has 2 nitrogen and oxygen atoms in total. The summed E-state index contributed by atoms with van der Waals surface area (Å²) in [6, 6.07) is 5.46. The Labute approximate surface area is 120 Å². The molecule has 1 aromatic carbocycles. The van der Waals surface area contributed by atoms with Crippen LogP contribution in [0.25, 0.3) is 0 Å². The van der Waals surface area contributed by atoms with Crippen LogP contribution in [0.5, 0.6) is 11.5 Å². The van der Waals surface area contributed by atoms with E-state index in [0.29, 0.717) is 0 Å². The van der Waals surface area contributed by atoms with E-state index in [2.05, 4.69) is 12.6 Å². The fraction of sp³-hybridized carbons (Fsp3) is 0.250. The van der Waals surface area contributed by atoms with E-state index < -0.39 is 0 Å². The zero-order chi connectivity index (χ0) is 8.27. The molecule has 0 unspecified atom stereocenters. The molecule has 0 aromatic heterocycles. The van der Waals surface area contributed by atoms with E-state index in [4.69, 9.17) is 9.47 Å². The molecule has 4 heteroatoms. The summed E-state index contributed by atoms with van der Waals surface area (Å²) in [5.74, 6) is 1.52. The maximum atomic E-state index is 5.01. The summed E-state index contributed by atoms with van der Waals surface area (Å²) in [6.07, 6.45) is 0. The van der Waals surface area contributed by atoms with Gasteiger partial charge >= 0.3 is 51.4 Å². The first-order valence-corrected chi connectivity index (χ1v) is 3.63. The zero-order valence-electron chi connectivity index (χ0n) is 7.50. The van der Waals surface area contributed by atoms with Gasteiger partial charge in [0.25, 0.3) is 0 Å². The van der Waals surface area contributed by atoms with Gasteiger partial charge in [-0.25, -0.2) is 0 Å². The first-order chi connectivity index (χ1) is 5.26. The predicted octanol–water partition coefficient (Wildman–Crippen LogP) is -1.00. The fourth-order valence-electron chi connectivity index (χ4n) is 0.792. The molecule has 0 N–H and O–H groups in total. The summed E-state index contributed by atoms with van der Waals surface area (Å²) in [5.41, 5.74) is 0. The van der Waals surface area contributed by atoms with Gasteiger partial charge in [0.15, 0.2) is 0 Å². The van der Waals surface area contributed by atoms with Crippen LogP contribution < -0.4 is 60.9 Å². The molecule has 1 aromatic rings. The molecule has 0 aliphatic carbocycles. The van der Waals surface area contributed by atoms with Crippen molar-refractivity contribution in [3.05, 3.63) is 18.2 Å². The Morgan fingerprint density at radius 1 is 1.00 bits per heavy atom. The maximum Gasteiger partial charge on any atom is 1.00 e. The quantitative estimate of drug-likeness (QED) is 0.497. The van der Waals surface area contributed by atoms with Crippen LogP contribution in [-0.4, -0.2) is 14.2 Å². The number of thiol groups is 1. The Morgan fingerprint density at radius 2 is 1.42 bits per heavy atom. The van der Waals surface area contributed by atoms with Gasteiger partial charge in [-0.1, -0.05) is 0 Å². The van der Waals surface area contributed by atoms with Crippen molar-refractivity contribution in [2.45, 2.75) is 4.90 Å². The van der Waals surface area contributed by atoms with Crippen molar-refractivity contribution >= 4 is 12.6 Å². The molecule has 0 fully saturated rings. The van der Waals surface area contributed by atoms with Crippen molar-refractivity contribution in [1.82, 2.24) is 0 Å². The molecule has 0 saturated carbocycles. The van der Waals surface area contributed by atoms with Gasteiger partial charge in [0, 0.05) is 11.0 Å². The van der Waals surface area contributed by atoms with Crippen LogP contribution in [-0.2, 0) is 0 Å². The van der Waals surface area contributed by atoms with Gasteiger partial charge in [-0.05, 0) is 12.1 Å². The van der Waals surface area contributed by atoms with E-state index in [1.54, 1.807) is 20.3 Å². The minimum absolute atomic E-state index is 0. The molecule has 0 atom stereocenters. The van der Waals surface area contributed by atoms with Crippen molar-refractivity contribution < 1.29 is 60.9 Å². The van der Waals surface area contributed by atoms with Gasteiger partial charge in [0.05, 0.1) is 14.2 Å². The molecule has 0 aliphatic rings. The number of benzene rings is 1. The SMILES string of the molecule is COc1cc(S)cc(OC)c1.[K+]. The second-order valence-corrected chi connectivity index (χ2v) is 2.59. The summed E-state index contributed by atoms with van der Waals surface area (Å²) < 4.78 is 10.0. The second kappa shape index (κ2) is 6.29. The van der Waals surface area contributed by atoms with E-state index in [-0.39, 0.29) is 51.4 Å². The van der Waals surface area contributed by atoms with Gasteiger partial charge in [-0.15, -0.1) is 12.6 Å². The summed E-state index contributed by atoms with van der Waals surface area (Å²) >= 11 is 4.17. The van der Waals surface area contributed by atoms with E-state index in [1.165, 1.54) is 0 Å². The third-order valence-corrected chi connectivity index (χ3v) is 1.59. The van der Waals surface area contributed by atoms with Crippen molar-refractivity contribution in [1.29, 1.82) is 0 Å². The second-order valence-electron chi connectivity index (χ2n) is 2.07. The standard InChI is InChI=1S/C8H10O2S.K/c1-9-6-3-7(10-2)5-8(11)4-6;/h3-5,11H,1-2H3;/q;+1. The Morgan fingerprint density at radius 3 is 1.75 bits per heavy atom. The van der Waals surface area contributed by atoms with Gasteiger partial charge in [0.1, 0.15) is 11.5 Å². The number of rotatable bonds is 2. The van der Waals surface area contributed by atoms with E-state index >= 15 is 0 Å². The molecule has 0 heterocycles. The summed E-state index contributed by atoms with van der Waals surface area (Å²) in [4.78, 5) is 0.834. The minimum Gasteiger partial charge on any atom is -0.497 e. The topological polar surface area (TPSA) is 18.5 Å². The molecule has 0 spiro atoms. The van der Waals surface area contributed by atoms with Crippen LogP contribution in [0.15, 0.2) is 23.1 Å². The van der Waals surface area contributed by atoms with Gasteiger partial charge < -0.3 is 9.47 Å². The van der Waals surface area contributed by atoms with Crippen LogP contribution in [0.4, 0.5) is 0 Å². The molecule has 0 aliphatic heterocycles. The summed E-state index contributed by atoms with van der Waals surface area (Å²) in [5, 5.41) is 0. The predicted molar refractivity (Wildman–Crippen MR) is 46.8 cm³/mol. The fourth-order valence-corrected chi connectivity index (χ4v) is 1.05. The first kappa shape index (κ1) is 12.8. The van der Waals surface area contributed by atoms with Gasteiger partial charge in [-0.2, -0.15) is 0 Å². The monoisotopic (exact) mass is 209 g/mol. The van der Waals surface area contributed by atoms with Crippen molar-refractivity contribution in [2.75, 3.05) is 14.2 Å². The third kappa shape index (κ3) is 3.68. The largest absolute Gasteiger partial charge is 1.00 e. The average Bonchev–Trinajstić information content (AvgIpc) is 2.03. The third-order valence-electron chi connectivity index (χ3n) is 1.34. The van der Waals surface area contributed by atoms with Crippen molar-refractivity contribution in [3.63, 3.8) is 0 Å². The normalized spacial score (nSPS) is 8.58. The van der Waals surface area contributed by atoms with Crippen molar-refractivity contribution in [3.8, 4) is 11.5 Å². The van der Waals surface area contributed by atoms with Crippen LogP contribution in [0, 0.1) is 0 Å². The minimum atomic E-state index is 0. The molecule has 0 saturated heterocycles. The molecule has 1 rings (SSSR count). The van der Waals surface area contributed by atoms with Crippen molar-refractivity contribution in [2.24, 2.45) is 0 Å². The molecule has 60 valence electrons. The van der Waals surface area contributed by atoms with E-state index in [1.807, 2.05) is 12.1 Å².